The molecule has 0 aliphatic rings. The van der Waals surface area contributed by atoms with Crippen molar-refractivity contribution in [3.8, 4) is 0 Å². The minimum Gasteiger partial charge on any atom is -0.466 e. The molecule has 0 saturated heterocycles. The number of hydrogen-bond acceptors (Lipinski definition) is 5. The summed E-state index contributed by atoms with van der Waals surface area (Å²) in [6.07, 6.45) is 0. The highest BCUT2D eigenvalue weighted by Gasteiger charge is 2.28. The highest BCUT2D eigenvalue weighted by atomic mass is 32.1. The van der Waals surface area contributed by atoms with Gasteiger partial charge >= 0.3 is 0 Å². The molecule has 7 heteroatoms. The van der Waals surface area contributed by atoms with Crippen LogP contribution in [0.25, 0.3) is 10.2 Å². The average molecular weight is 347 g/mol. The fourth-order valence-electron chi connectivity index (χ4n) is 2.92. The lowest BCUT2D eigenvalue weighted by atomic mass is 9.96. The normalized spacial score (nSPS) is 14.1. The van der Waals surface area contributed by atoms with Gasteiger partial charge in [0.25, 0.3) is 5.91 Å². The first-order valence-electron chi connectivity index (χ1n) is 7.70. The molecule has 0 aromatic carbocycles. The minimum atomic E-state index is -1.19. The molecule has 1 unspecified atom stereocenters. The number of carbonyl (C=O) groups excluding carboxylic acids is 1. The Kier molecular flexibility index (Phi) is 4.01. The Morgan fingerprint density at radius 3 is 2.71 bits per heavy atom. The summed E-state index contributed by atoms with van der Waals surface area (Å²) in [5.41, 5.74) is 0.405. The minimum absolute atomic E-state index is 0.108. The number of aryl methyl sites for hydroxylation is 4. The van der Waals surface area contributed by atoms with Crippen molar-refractivity contribution in [2.24, 2.45) is 7.05 Å². The Bertz CT molecular complexity index is 883. The van der Waals surface area contributed by atoms with Crippen LogP contribution in [0.4, 0.5) is 0 Å². The Morgan fingerprint density at radius 2 is 2.12 bits per heavy atom. The summed E-state index contributed by atoms with van der Waals surface area (Å²) in [6, 6.07) is 3.65. The van der Waals surface area contributed by atoms with Gasteiger partial charge in [-0.1, -0.05) is 0 Å². The van der Waals surface area contributed by atoms with Crippen molar-refractivity contribution in [3.63, 3.8) is 0 Å². The molecule has 3 heterocycles. The van der Waals surface area contributed by atoms with Crippen LogP contribution in [0, 0.1) is 20.8 Å². The summed E-state index contributed by atoms with van der Waals surface area (Å²) >= 11 is 1.39. The van der Waals surface area contributed by atoms with Crippen LogP contribution in [0.15, 0.2) is 16.5 Å². The van der Waals surface area contributed by atoms with Crippen LogP contribution < -0.4 is 5.32 Å². The number of hydrogen-bond donors (Lipinski definition) is 2. The summed E-state index contributed by atoms with van der Waals surface area (Å²) in [5, 5.41) is 18.8. The zero-order valence-electron chi connectivity index (χ0n) is 14.4. The number of aliphatic hydroxyl groups is 1. The van der Waals surface area contributed by atoms with Crippen molar-refractivity contribution in [3.05, 3.63) is 39.8 Å². The van der Waals surface area contributed by atoms with Gasteiger partial charge in [0.1, 0.15) is 22.0 Å². The van der Waals surface area contributed by atoms with Crippen molar-refractivity contribution in [2.45, 2.75) is 33.3 Å². The summed E-state index contributed by atoms with van der Waals surface area (Å²) in [6.45, 7) is 7.34. The van der Waals surface area contributed by atoms with Gasteiger partial charge in [0.2, 0.25) is 0 Å². The molecule has 0 aliphatic carbocycles. The molecule has 0 fully saturated rings. The van der Waals surface area contributed by atoms with Gasteiger partial charge in [-0.2, -0.15) is 5.10 Å². The number of thiophene rings is 1. The molecule has 3 aromatic heterocycles. The predicted molar refractivity (Wildman–Crippen MR) is 93.4 cm³/mol. The van der Waals surface area contributed by atoms with E-state index in [0.717, 1.165) is 21.7 Å². The maximum atomic E-state index is 12.4. The summed E-state index contributed by atoms with van der Waals surface area (Å²) in [7, 11) is 1.86. The summed E-state index contributed by atoms with van der Waals surface area (Å²) < 4.78 is 7.25. The van der Waals surface area contributed by atoms with Crippen molar-refractivity contribution < 1.29 is 14.3 Å². The number of nitrogens with zero attached hydrogens (tertiary/aromatic N) is 2. The first-order valence-corrected chi connectivity index (χ1v) is 8.52. The lowest BCUT2D eigenvalue weighted by Gasteiger charge is -2.23. The van der Waals surface area contributed by atoms with Crippen LogP contribution in [-0.2, 0) is 12.6 Å². The van der Waals surface area contributed by atoms with Crippen molar-refractivity contribution in [1.29, 1.82) is 0 Å². The molecule has 6 nitrogen and oxygen atoms in total. The fourth-order valence-corrected chi connectivity index (χ4v) is 3.96. The quantitative estimate of drug-likeness (QED) is 0.760. The van der Waals surface area contributed by atoms with Crippen molar-refractivity contribution >= 4 is 27.5 Å². The number of nitrogens with one attached hydrogen (secondary N) is 1. The molecule has 3 aromatic rings. The lowest BCUT2D eigenvalue weighted by Crippen LogP contribution is -2.38. The number of carbonyl (C=O) groups is 1. The maximum Gasteiger partial charge on any atom is 0.261 e. The molecule has 3 rings (SSSR count). The van der Waals surface area contributed by atoms with E-state index >= 15 is 0 Å². The zero-order valence-corrected chi connectivity index (χ0v) is 15.2. The van der Waals surface area contributed by atoms with Crippen LogP contribution in [0.1, 0.15) is 39.4 Å². The maximum absolute atomic E-state index is 12.4. The second-order valence-electron chi connectivity index (χ2n) is 6.32. The Labute approximate surface area is 144 Å². The van der Waals surface area contributed by atoms with Crippen LogP contribution in [0.2, 0.25) is 0 Å². The molecule has 0 saturated carbocycles. The van der Waals surface area contributed by atoms with E-state index < -0.39 is 5.60 Å². The third-order valence-corrected chi connectivity index (χ3v) is 5.33. The van der Waals surface area contributed by atoms with Crippen molar-refractivity contribution in [1.82, 2.24) is 15.1 Å². The molecule has 0 spiro atoms. The van der Waals surface area contributed by atoms with E-state index in [-0.39, 0.29) is 12.5 Å². The smallest absolute Gasteiger partial charge is 0.261 e. The number of fused-ring (bicyclic) bond motifs is 1. The van der Waals surface area contributed by atoms with Gasteiger partial charge in [0.05, 0.1) is 17.1 Å². The molecule has 128 valence electrons. The number of amides is 1. The summed E-state index contributed by atoms with van der Waals surface area (Å²) in [5.74, 6) is 1.20. The number of rotatable bonds is 4. The third-order valence-electron chi connectivity index (χ3n) is 4.13. The average Bonchev–Trinajstić information content (AvgIpc) is 3.14. The molecule has 24 heavy (non-hydrogen) atoms. The van der Waals surface area contributed by atoms with E-state index in [2.05, 4.69) is 10.4 Å². The van der Waals surface area contributed by atoms with E-state index in [4.69, 9.17) is 4.42 Å². The molecular formula is C17H21N3O3S. The van der Waals surface area contributed by atoms with Gasteiger partial charge in [0, 0.05) is 18.0 Å². The van der Waals surface area contributed by atoms with Crippen LogP contribution in [0.3, 0.4) is 0 Å². The largest absolute Gasteiger partial charge is 0.466 e. The monoisotopic (exact) mass is 347 g/mol. The van der Waals surface area contributed by atoms with E-state index in [9.17, 15) is 9.90 Å². The fraction of sp³-hybridized carbons (Fsp3) is 0.412. The Balaban J connectivity index is 1.76. The molecule has 2 N–H and O–H groups in total. The first kappa shape index (κ1) is 16.7. The Morgan fingerprint density at radius 1 is 1.42 bits per heavy atom. The number of aromatic nitrogens is 2. The molecule has 0 bridgehead atoms. The highest BCUT2D eigenvalue weighted by molar-refractivity contribution is 7.20. The molecule has 1 amide bonds. The molecule has 1 atom stereocenters. The standard InChI is InChI=1S/C17H21N3O3S/c1-9-6-13(11(3)23-9)17(4,22)8-18-15(21)14-7-12-10(2)19-20(5)16(12)24-14/h6-7,22H,8H2,1-5H3,(H,18,21). The summed E-state index contributed by atoms with van der Waals surface area (Å²) in [4.78, 5) is 14.0. The van der Waals surface area contributed by atoms with Gasteiger partial charge in [0.15, 0.2) is 0 Å². The van der Waals surface area contributed by atoms with Crippen LogP contribution >= 0.6 is 11.3 Å². The topological polar surface area (TPSA) is 80.3 Å². The van der Waals surface area contributed by atoms with Crippen LogP contribution in [-0.4, -0.2) is 27.3 Å². The second-order valence-corrected chi connectivity index (χ2v) is 7.35. The molecular weight excluding hydrogens is 326 g/mol. The van der Waals surface area contributed by atoms with Crippen LogP contribution in [0.5, 0.6) is 0 Å². The Hall–Kier alpha value is -2.12. The van der Waals surface area contributed by atoms with E-state index in [1.807, 2.05) is 27.0 Å². The van der Waals surface area contributed by atoms with Gasteiger partial charge in [-0.05, 0) is 39.8 Å². The highest BCUT2D eigenvalue weighted by Crippen LogP contribution is 2.29. The van der Waals surface area contributed by atoms with Gasteiger partial charge < -0.3 is 14.8 Å². The third kappa shape index (κ3) is 2.85. The molecule has 0 aliphatic heterocycles. The second kappa shape index (κ2) is 5.75. The lowest BCUT2D eigenvalue weighted by molar-refractivity contribution is 0.0515. The molecule has 0 radical (unpaired) electrons. The van der Waals surface area contributed by atoms with E-state index in [1.165, 1.54) is 11.3 Å². The van der Waals surface area contributed by atoms with Gasteiger partial charge in [-0.3, -0.25) is 9.48 Å². The zero-order chi connectivity index (χ0) is 17.6. The van der Waals surface area contributed by atoms with Gasteiger partial charge in [-0.15, -0.1) is 11.3 Å². The van der Waals surface area contributed by atoms with E-state index in [1.54, 1.807) is 24.6 Å². The van der Waals surface area contributed by atoms with Crippen molar-refractivity contribution in [2.75, 3.05) is 6.54 Å². The van der Waals surface area contributed by atoms with Gasteiger partial charge in [-0.25, -0.2) is 0 Å². The SMILES string of the molecule is Cc1cc(C(C)(O)CNC(=O)c2cc3c(C)nn(C)c3s2)c(C)o1. The first-order chi connectivity index (χ1) is 11.2. The number of furan rings is 1. The van der Waals surface area contributed by atoms with E-state index in [0.29, 0.717) is 16.2 Å². The predicted octanol–water partition coefficient (Wildman–Crippen LogP) is 2.79.